The first kappa shape index (κ1) is 11.9. The Morgan fingerprint density at radius 1 is 1.41 bits per heavy atom. The van der Waals surface area contributed by atoms with Gasteiger partial charge in [0.2, 0.25) is 0 Å². The van der Waals surface area contributed by atoms with Gasteiger partial charge in [0.25, 0.3) is 0 Å². The van der Waals surface area contributed by atoms with E-state index in [1.807, 2.05) is 6.07 Å². The molecule has 1 aliphatic heterocycles. The quantitative estimate of drug-likeness (QED) is 0.844. The second-order valence-electron chi connectivity index (χ2n) is 4.60. The van der Waals surface area contributed by atoms with Crippen LogP contribution in [-0.2, 0) is 0 Å². The van der Waals surface area contributed by atoms with E-state index in [-0.39, 0.29) is 6.04 Å². The van der Waals surface area contributed by atoms with E-state index >= 15 is 0 Å². The molecule has 1 N–H and O–H groups in total. The third-order valence-corrected chi connectivity index (χ3v) is 3.37. The van der Waals surface area contributed by atoms with Crippen LogP contribution in [0.2, 0.25) is 0 Å². The normalized spacial score (nSPS) is 25.1. The van der Waals surface area contributed by atoms with Crippen molar-refractivity contribution in [3.8, 4) is 6.07 Å². The summed E-state index contributed by atoms with van der Waals surface area (Å²) >= 11 is 0. The molecule has 0 bridgehead atoms. The first-order valence-electron chi connectivity index (χ1n) is 6.24. The van der Waals surface area contributed by atoms with Gasteiger partial charge >= 0.3 is 0 Å². The van der Waals surface area contributed by atoms with Crippen molar-refractivity contribution in [1.29, 1.82) is 5.26 Å². The van der Waals surface area contributed by atoms with Gasteiger partial charge in [-0.1, -0.05) is 18.2 Å². The van der Waals surface area contributed by atoms with Crippen LogP contribution >= 0.6 is 0 Å². The lowest BCUT2D eigenvalue weighted by atomic mass is 10.1. The fraction of sp³-hybridized carbons (Fsp3) is 0.500. The Labute approximate surface area is 103 Å². The van der Waals surface area contributed by atoms with Crippen LogP contribution < -0.4 is 10.2 Å². The summed E-state index contributed by atoms with van der Waals surface area (Å²) in [5, 5.41) is 12.4. The minimum Gasteiger partial charge on any atom is -0.363 e. The van der Waals surface area contributed by atoms with E-state index in [1.165, 1.54) is 5.69 Å². The van der Waals surface area contributed by atoms with Crippen LogP contribution in [0, 0.1) is 11.3 Å². The van der Waals surface area contributed by atoms with E-state index in [9.17, 15) is 0 Å². The molecule has 1 aromatic carbocycles. The minimum absolute atomic E-state index is 0.278. The number of hydrogen-bond donors (Lipinski definition) is 1. The molecule has 1 aromatic rings. The topological polar surface area (TPSA) is 39.1 Å². The van der Waals surface area contributed by atoms with Crippen LogP contribution in [-0.4, -0.2) is 25.2 Å². The van der Waals surface area contributed by atoms with E-state index in [0.717, 1.165) is 19.5 Å². The molecule has 2 rings (SSSR count). The van der Waals surface area contributed by atoms with Gasteiger partial charge in [0, 0.05) is 18.3 Å². The molecular formula is C14H19N3. The first-order chi connectivity index (χ1) is 8.33. The van der Waals surface area contributed by atoms with E-state index in [4.69, 9.17) is 5.26 Å². The molecule has 3 nitrogen and oxygen atoms in total. The van der Waals surface area contributed by atoms with Gasteiger partial charge < -0.3 is 10.2 Å². The summed E-state index contributed by atoms with van der Waals surface area (Å²) in [5.74, 6) is 0. The lowest BCUT2D eigenvalue weighted by molar-refractivity contribution is 0.551. The molecule has 0 amide bonds. The molecule has 1 aliphatic rings. The standard InChI is InChI=1S/C14H19N3/c1-12-8-10-16-11-14(7-9-15)17(12)13-5-3-2-4-6-13/h2-6,12,14,16H,7-8,10-11H2,1H3. The summed E-state index contributed by atoms with van der Waals surface area (Å²) in [6.07, 6.45) is 1.70. The third kappa shape index (κ3) is 2.78. The molecule has 0 radical (unpaired) electrons. The highest BCUT2D eigenvalue weighted by Gasteiger charge is 2.25. The van der Waals surface area contributed by atoms with Crippen molar-refractivity contribution in [3.05, 3.63) is 30.3 Å². The summed E-state index contributed by atoms with van der Waals surface area (Å²) in [7, 11) is 0. The second kappa shape index (κ2) is 5.70. The molecule has 0 aliphatic carbocycles. The molecular weight excluding hydrogens is 210 g/mol. The molecule has 1 heterocycles. The SMILES string of the molecule is CC1CCNCC(CC#N)N1c1ccccc1. The molecule has 0 saturated carbocycles. The lowest BCUT2D eigenvalue weighted by Crippen LogP contribution is -2.43. The van der Waals surface area contributed by atoms with E-state index in [1.54, 1.807) is 0 Å². The second-order valence-corrected chi connectivity index (χ2v) is 4.60. The lowest BCUT2D eigenvalue weighted by Gasteiger charge is -2.35. The minimum atomic E-state index is 0.278. The van der Waals surface area contributed by atoms with Crippen LogP contribution in [0.3, 0.4) is 0 Å². The van der Waals surface area contributed by atoms with E-state index < -0.39 is 0 Å². The summed E-state index contributed by atoms with van der Waals surface area (Å²) in [5.41, 5.74) is 1.23. The van der Waals surface area contributed by atoms with Gasteiger partial charge in [-0.2, -0.15) is 5.26 Å². The van der Waals surface area contributed by atoms with Crippen molar-refractivity contribution in [3.63, 3.8) is 0 Å². The van der Waals surface area contributed by atoms with Crippen molar-refractivity contribution in [2.75, 3.05) is 18.0 Å². The Morgan fingerprint density at radius 3 is 2.88 bits per heavy atom. The summed E-state index contributed by atoms with van der Waals surface area (Å²) < 4.78 is 0. The average Bonchev–Trinajstić information content (AvgIpc) is 2.53. The van der Waals surface area contributed by atoms with Crippen molar-refractivity contribution in [2.45, 2.75) is 31.8 Å². The van der Waals surface area contributed by atoms with Crippen molar-refractivity contribution in [2.24, 2.45) is 0 Å². The molecule has 0 aromatic heterocycles. The third-order valence-electron chi connectivity index (χ3n) is 3.37. The van der Waals surface area contributed by atoms with Gasteiger partial charge in [0.05, 0.1) is 18.5 Å². The number of hydrogen-bond acceptors (Lipinski definition) is 3. The smallest absolute Gasteiger partial charge is 0.0643 e. The van der Waals surface area contributed by atoms with Crippen LogP contribution in [0.5, 0.6) is 0 Å². The Hall–Kier alpha value is -1.53. The Morgan fingerprint density at radius 2 is 2.18 bits per heavy atom. The number of nitrogens with zero attached hydrogens (tertiary/aromatic N) is 2. The zero-order valence-electron chi connectivity index (χ0n) is 10.3. The number of benzene rings is 1. The number of rotatable bonds is 2. The number of nitriles is 1. The zero-order valence-corrected chi connectivity index (χ0v) is 10.3. The Kier molecular flexibility index (Phi) is 4.00. The van der Waals surface area contributed by atoms with Crippen molar-refractivity contribution in [1.82, 2.24) is 5.32 Å². The number of para-hydroxylation sites is 1. The highest BCUT2D eigenvalue weighted by molar-refractivity contribution is 5.48. The first-order valence-corrected chi connectivity index (χ1v) is 6.24. The largest absolute Gasteiger partial charge is 0.363 e. The molecule has 17 heavy (non-hydrogen) atoms. The Balaban J connectivity index is 2.27. The maximum Gasteiger partial charge on any atom is 0.0643 e. The number of anilines is 1. The fourth-order valence-electron chi connectivity index (χ4n) is 2.52. The molecule has 90 valence electrons. The van der Waals surface area contributed by atoms with E-state index in [2.05, 4.69) is 47.5 Å². The van der Waals surface area contributed by atoms with Crippen molar-refractivity contribution >= 4 is 5.69 Å². The van der Waals surface area contributed by atoms with Gasteiger partial charge in [0.15, 0.2) is 0 Å². The van der Waals surface area contributed by atoms with Gasteiger partial charge in [-0.3, -0.25) is 0 Å². The van der Waals surface area contributed by atoms with E-state index in [0.29, 0.717) is 12.5 Å². The van der Waals surface area contributed by atoms with Crippen molar-refractivity contribution < 1.29 is 0 Å². The maximum absolute atomic E-state index is 8.96. The Bertz CT molecular complexity index is 382. The highest BCUT2D eigenvalue weighted by Crippen LogP contribution is 2.23. The molecule has 3 heteroatoms. The van der Waals surface area contributed by atoms with Crippen LogP contribution in [0.15, 0.2) is 30.3 Å². The van der Waals surface area contributed by atoms with Gasteiger partial charge in [-0.05, 0) is 32.0 Å². The predicted molar refractivity (Wildman–Crippen MR) is 69.9 cm³/mol. The molecule has 2 unspecified atom stereocenters. The zero-order chi connectivity index (χ0) is 12.1. The number of nitrogens with one attached hydrogen (secondary N) is 1. The van der Waals surface area contributed by atoms with Crippen LogP contribution in [0.4, 0.5) is 5.69 Å². The van der Waals surface area contributed by atoms with Crippen LogP contribution in [0.1, 0.15) is 19.8 Å². The average molecular weight is 229 g/mol. The highest BCUT2D eigenvalue weighted by atomic mass is 15.2. The predicted octanol–water partition coefficient (Wildman–Crippen LogP) is 2.16. The molecule has 1 fully saturated rings. The molecule has 2 atom stereocenters. The molecule has 1 saturated heterocycles. The molecule has 0 spiro atoms. The summed E-state index contributed by atoms with van der Waals surface area (Å²) in [6.45, 7) is 4.17. The summed E-state index contributed by atoms with van der Waals surface area (Å²) in [6, 6.07) is 13.5. The monoisotopic (exact) mass is 229 g/mol. The fourth-order valence-corrected chi connectivity index (χ4v) is 2.52. The maximum atomic E-state index is 8.96. The van der Waals surface area contributed by atoms with Gasteiger partial charge in [-0.25, -0.2) is 0 Å². The summed E-state index contributed by atoms with van der Waals surface area (Å²) in [4.78, 5) is 2.39. The van der Waals surface area contributed by atoms with Gasteiger partial charge in [0.1, 0.15) is 0 Å². The van der Waals surface area contributed by atoms with Crippen LogP contribution in [0.25, 0.3) is 0 Å². The van der Waals surface area contributed by atoms with Gasteiger partial charge in [-0.15, -0.1) is 0 Å².